The van der Waals surface area contributed by atoms with Crippen LogP contribution in [0.3, 0.4) is 0 Å². The number of nitrogens with one attached hydrogen (secondary N) is 2. The van der Waals surface area contributed by atoms with Crippen LogP contribution in [0.5, 0.6) is 0 Å². The van der Waals surface area contributed by atoms with Gasteiger partial charge in [0.05, 0.1) is 11.3 Å². The van der Waals surface area contributed by atoms with E-state index < -0.39 is 0 Å². The molecular weight excluding hydrogens is 264 g/mol. The van der Waals surface area contributed by atoms with Gasteiger partial charge in [0.1, 0.15) is 0 Å². The first-order valence-electron chi connectivity index (χ1n) is 7.16. The van der Waals surface area contributed by atoms with Gasteiger partial charge in [0, 0.05) is 12.5 Å². The lowest BCUT2D eigenvalue weighted by Gasteiger charge is -2.18. The monoisotopic (exact) mass is 284 g/mol. The summed E-state index contributed by atoms with van der Waals surface area (Å²) in [5.41, 5.74) is 1.03. The van der Waals surface area contributed by atoms with Crippen molar-refractivity contribution in [1.82, 2.24) is 5.32 Å². The first-order chi connectivity index (χ1) is 10.2. The van der Waals surface area contributed by atoms with E-state index in [1.54, 1.807) is 30.3 Å². The van der Waals surface area contributed by atoms with Crippen molar-refractivity contribution in [3.63, 3.8) is 0 Å². The zero-order chi connectivity index (χ0) is 15.1. The molecule has 1 aliphatic carbocycles. The lowest BCUT2D eigenvalue weighted by atomic mass is 9.93. The number of anilines is 1. The van der Waals surface area contributed by atoms with Crippen LogP contribution in [0.15, 0.2) is 49.1 Å². The van der Waals surface area contributed by atoms with E-state index in [0.717, 1.165) is 19.3 Å². The summed E-state index contributed by atoms with van der Waals surface area (Å²) in [6.45, 7) is 3.96. The number of carbonyl (C=O) groups excluding carboxylic acids is 2. The Morgan fingerprint density at radius 2 is 2.10 bits per heavy atom. The Kier molecular flexibility index (Phi) is 5.32. The van der Waals surface area contributed by atoms with Gasteiger partial charge < -0.3 is 10.6 Å². The van der Waals surface area contributed by atoms with Crippen molar-refractivity contribution in [2.45, 2.75) is 19.3 Å². The van der Waals surface area contributed by atoms with E-state index in [4.69, 9.17) is 0 Å². The molecule has 2 amide bonds. The third-order valence-corrected chi connectivity index (χ3v) is 3.48. The number of benzene rings is 1. The predicted molar refractivity (Wildman–Crippen MR) is 84.1 cm³/mol. The second-order valence-corrected chi connectivity index (χ2v) is 5.01. The number of allylic oxidation sites excluding steroid dienone is 2. The number of amides is 2. The zero-order valence-corrected chi connectivity index (χ0v) is 12.0. The Hall–Kier alpha value is -2.36. The standard InChI is InChI=1S/C17H20N2O2/c1-2-12-18-17(21)14-10-6-7-11-15(14)19-16(20)13-8-4-3-5-9-13/h2-4,6-7,10-11,13H,1,5,8-9,12H2,(H,18,21)(H,19,20). The Bertz CT molecular complexity index is 564. The van der Waals surface area contributed by atoms with Crippen LogP contribution >= 0.6 is 0 Å². The third kappa shape index (κ3) is 4.05. The van der Waals surface area contributed by atoms with Crippen LogP contribution in [0.25, 0.3) is 0 Å². The molecule has 0 saturated heterocycles. The summed E-state index contributed by atoms with van der Waals surface area (Å²) in [5, 5.41) is 5.60. The highest BCUT2D eigenvalue weighted by Gasteiger charge is 2.20. The van der Waals surface area contributed by atoms with Crippen LogP contribution in [0.1, 0.15) is 29.6 Å². The molecule has 1 aromatic carbocycles. The second kappa shape index (κ2) is 7.43. The van der Waals surface area contributed by atoms with E-state index in [2.05, 4.69) is 23.3 Å². The van der Waals surface area contributed by atoms with Crippen LogP contribution in [-0.2, 0) is 4.79 Å². The topological polar surface area (TPSA) is 58.2 Å². The molecule has 21 heavy (non-hydrogen) atoms. The molecule has 1 aromatic rings. The number of hydrogen-bond acceptors (Lipinski definition) is 2. The summed E-state index contributed by atoms with van der Waals surface area (Å²) in [4.78, 5) is 24.3. The molecule has 0 bridgehead atoms. The van der Waals surface area contributed by atoms with Gasteiger partial charge >= 0.3 is 0 Å². The van der Waals surface area contributed by atoms with E-state index in [-0.39, 0.29) is 17.7 Å². The van der Waals surface area contributed by atoms with Crippen LogP contribution in [0.2, 0.25) is 0 Å². The van der Waals surface area contributed by atoms with E-state index in [0.29, 0.717) is 17.8 Å². The van der Waals surface area contributed by atoms with Crippen LogP contribution in [0, 0.1) is 5.92 Å². The molecule has 4 nitrogen and oxygen atoms in total. The summed E-state index contributed by atoms with van der Waals surface area (Å²) in [7, 11) is 0. The number of hydrogen-bond donors (Lipinski definition) is 2. The molecule has 1 unspecified atom stereocenters. The van der Waals surface area contributed by atoms with Crippen molar-refractivity contribution >= 4 is 17.5 Å². The summed E-state index contributed by atoms with van der Waals surface area (Å²) < 4.78 is 0. The van der Waals surface area contributed by atoms with Gasteiger partial charge in [-0.25, -0.2) is 0 Å². The molecular formula is C17H20N2O2. The molecule has 0 aromatic heterocycles. The molecule has 0 aliphatic heterocycles. The quantitative estimate of drug-likeness (QED) is 0.817. The fourth-order valence-corrected chi connectivity index (χ4v) is 2.32. The van der Waals surface area contributed by atoms with Crippen LogP contribution in [-0.4, -0.2) is 18.4 Å². The Morgan fingerprint density at radius 3 is 2.81 bits per heavy atom. The van der Waals surface area contributed by atoms with Crippen molar-refractivity contribution in [3.8, 4) is 0 Å². The third-order valence-electron chi connectivity index (χ3n) is 3.48. The fourth-order valence-electron chi connectivity index (χ4n) is 2.32. The van der Waals surface area contributed by atoms with Gasteiger partial charge in [-0.05, 0) is 31.4 Å². The maximum atomic E-state index is 12.3. The largest absolute Gasteiger partial charge is 0.349 e. The number of carbonyl (C=O) groups is 2. The van der Waals surface area contributed by atoms with Gasteiger partial charge in [0.15, 0.2) is 0 Å². The molecule has 0 radical (unpaired) electrons. The maximum absolute atomic E-state index is 12.3. The van der Waals surface area contributed by atoms with Gasteiger partial charge in [0.25, 0.3) is 5.91 Å². The smallest absolute Gasteiger partial charge is 0.253 e. The molecule has 0 saturated carbocycles. The summed E-state index contributed by atoms with van der Waals surface area (Å²) in [5.74, 6) is -0.253. The molecule has 2 N–H and O–H groups in total. The van der Waals surface area contributed by atoms with Crippen molar-refractivity contribution in [1.29, 1.82) is 0 Å². The average molecular weight is 284 g/mol. The van der Waals surface area contributed by atoms with Gasteiger partial charge in [-0.1, -0.05) is 30.4 Å². The van der Waals surface area contributed by atoms with Gasteiger partial charge in [-0.3, -0.25) is 9.59 Å². The van der Waals surface area contributed by atoms with E-state index in [1.165, 1.54) is 0 Å². The molecule has 1 aliphatic rings. The molecule has 0 fully saturated rings. The highest BCUT2D eigenvalue weighted by atomic mass is 16.2. The minimum atomic E-state index is -0.214. The lowest BCUT2D eigenvalue weighted by molar-refractivity contribution is -0.120. The Balaban J connectivity index is 2.08. The average Bonchev–Trinajstić information content (AvgIpc) is 2.54. The zero-order valence-electron chi connectivity index (χ0n) is 12.0. The normalized spacial score (nSPS) is 17.0. The highest BCUT2D eigenvalue weighted by Crippen LogP contribution is 2.22. The molecule has 1 atom stereocenters. The summed E-state index contributed by atoms with van der Waals surface area (Å²) >= 11 is 0. The van der Waals surface area contributed by atoms with Crippen molar-refractivity contribution in [3.05, 3.63) is 54.6 Å². The van der Waals surface area contributed by atoms with Crippen molar-refractivity contribution in [2.24, 2.45) is 5.92 Å². The number of para-hydroxylation sites is 1. The van der Waals surface area contributed by atoms with E-state index in [1.807, 2.05) is 6.08 Å². The van der Waals surface area contributed by atoms with Crippen LogP contribution in [0.4, 0.5) is 5.69 Å². The fraction of sp³-hybridized carbons (Fsp3) is 0.294. The van der Waals surface area contributed by atoms with E-state index >= 15 is 0 Å². The minimum absolute atomic E-state index is 0.0145. The van der Waals surface area contributed by atoms with Crippen molar-refractivity contribution < 1.29 is 9.59 Å². The first-order valence-corrected chi connectivity index (χ1v) is 7.16. The molecule has 0 spiro atoms. The lowest BCUT2D eigenvalue weighted by Crippen LogP contribution is -2.27. The van der Waals surface area contributed by atoms with Gasteiger partial charge in [-0.15, -0.1) is 6.58 Å². The van der Waals surface area contributed by atoms with E-state index in [9.17, 15) is 9.59 Å². The van der Waals surface area contributed by atoms with Crippen molar-refractivity contribution in [2.75, 3.05) is 11.9 Å². The predicted octanol–water partition coefficient (Wildman–Crippen LogP) is 2.90. The molecule has 110 valence electrons. The Morgan fingerprint density at radius 1 is 1.29 bits per heavy atom. The maximum Gasteiger partial charge on any atom is 0.253 e. The SMILES string of the molecule is C=CCNC(=O)c1ccccc1NC(=O)C1CC=CCC1. The molecule has 0 heterocycles. The Labute approximate surface area is 124 Å². The van der Waals surface area contributed by atoms with Gasteiger partial charge in [-0.2, -0.15) is 0 Å². The highest BCUT2D eigenvalue weighted by molar-refractivity contribution is 6.04. The number of rotatable bonds is 5. The summed E-state index contributed by atoms with van der Waals surface area (Å²) in [6.07, 6.45) is 8.30. The molecule has 4 heteroatoms. The van der Waals surface area contributed by atoms with Gasteiger partial charge in [0.2, 0.25) is 5.91 Å². The minimum Gasteiger partial charge on any atom is -0.349 e. The van der Waals surface area contributed by atoms with Crippen LogP contribution < -0.4 is 10.6 Å². The summed E-state index contributed by atoms with van der Waals surface area (Å²) in [6, 6.07) is 7.04. The molecule has 2 rings (SSSR count). The second-order valence-electron chi connectivity index (χ2n) is 5.01. The first kappa shape index (κ1) is 15.0.